The lowest BCUT2D eigenvalue weighted by molar-refractivity contribution is 0.312. The zero-order valence-corrected chi connectivity index (χ0v) is 12.9. The highest BCUT2D eigenvalue weighted by molar-refractivity contribution is 5.45. The molecule has 1 aliphatic rings. The van der Waals surface area contributed by atoms with Crippen LogP contribution in [0.1, 0.15) is 63.4 Å². The first kappa shape index (κ1) is 15.2. The first-order valence-corrected chi connectivity index (χ1v) is 8.28. The van der Waals surface area contributed by atoms with E-state index >= 15 is 0 Å². The van der Waals surface area contributed by atoms with Crippen molar-refractivity contribution in [2.45, 2.75) is 57.8 Å². The van der Waals surface area contributed by atoms with Gasteiger partial charge in [0.1, 0.15) is 0 Å². The average Bonchev–Trinajstić information content (AvgIpc) is 2.52. The van der Waals surface area contributed by atoms with E-state index in [4.69, 9.17) is 0 Å². The molecule has 2 rings (SSSR count). The summed E-state index contributed by atoms with van der Waals surface area (Å²) in [5.41, 5.74) is 2.80. The Morgan fingerprint density at radius 3 is 2.45 bits per heavy atom. The van der Waals surface area contributed by atoms with Crippen LogP contribution < -0.4 is 5.32 Å². The minimum atomic E-state index is 0.787. The maximum absolute atomic E-state index is 3.83. The first-order valence-electron chi connectivity index (χ1n) is 8.28. The number of allylic oxidation sites excluding steroid dienone is 1. The third kappa shape index (κ3) is 4.40. The number of benzene rings is 1. The summed E-state index contributed by atoms with van der Waals surface area (Å²) in [6, 6.07) is 9.14. The van der Waals surface area contributed by atoms with Gasteiger partial charge in [0.05, 0.1) is 0 Å². The second-order valence-electron chi connectivity index (χ2n) is 6.13. The van der Waals surface area contributed by atoms with Crippen molar-refractivity contribution in [2.75, 3.05) is 11.9 Å². The molecule has 1 aliphatic carbocycles. The molecule has 110 valence electrons. The van der Waals surface area contributed by atoms with E-state index in [9.17, 15) is 0 Å². The lowest BCUT2D eigenvalue weighted by Gasteiger charge is -2.28. The number of hydrogen-bond acceptors (Lipinski definition) is 1. The van der Waals surface area contributed by atoms with Crippen molar-refractivity contribution in [3.05, 3.63) is 42.5 Å². The van der Waals surface area contributed by atoms with E-state index in [0.29, 0.717) is 0 Å². The Morgan fingerprint density at radius 2 is 1.85 bits per heavy atom. The van der Waals surface area contributed by atoms with Gasteiger partial charge in [-0.15, -0.1) is 6.58 Å². The number of anilines is 1. The molecular weight excluding hydrogens is 242 g/mol. The van der Waals surface area contributed by atoms with E-state index in [1.807, 2.05) is 0 Å². The predicted molar refractivity (Wildman–Crippen MR) is 89.4 cm³/mol. The molecule has 0 aliphatic heterocycles. The van der Waals surface area contributed by atoms with E-state index in [1.54, 1.807) is 0 Å². The molecule has 0 aromatic heterocycles. The Kier molecular flexibility index (Phi) is 6.17. The molecule has 0 spiro atoms. The number of rotatable bonds is 7. The van der Waals surface area contributed by atoms with Crippen LogP contribution in [0, 0.1) is 5.92 Å². The van der Waals surface area contributed by atoms with E-state index < -0.39 is 0 Å². The van der Waals surface area contributed by atoms with Gasteiger partial charge < -0.3 is 5.32 Å². The van der Waals surface area contributed by atoms with Crippen LogP contribution in [0.15, 0.2) is 36.9 Å². The summed E-state index contributed by atoms with van der Waals surface area (Å²) < 4.78 is 0. The highest BCUT2D eigenvalue weighted by Crippen LogP contribution is 2.37. The smallest absolute Gasteiger partial charge is 0.0340 e. The van der Waals surface area contributed by atoms with Gasteiger partial charge in [-0.3, -0.25) is 0 Å². The van der Waals surface area contributed by atoms with Crippen LogP contribution in [-0.4, -0.2) is 6.54 Å². The van der Waals surface area contributed by atoms with Crippen LogP contribution in [0.25, 0.3) is 0 Å². The lowest BCUT2D eigenvalue weighted by atomic mass is 9.77. The molecule has 0 saturated heterocycles. The molecule has 0 unspecified atom stereocenters. The minimum Gasteiger partial charge on any atom is -0.385 e. The second kappa shape index (κ2) is 8.14. The third-order valence-electron chi connectivity index (χ3n) is 4.59. The number of hydrogen-bond donors (Lipinski definition) is 1. The Labute approximate surface area is 124 Å². The second-order valence-corrected chi connectivity index (χ2v) is 6.13. The summed E-state index contributed by atoms with van der Waals surface area (Å²) in [7, 11) is 0. The Bertz CT molecular complexity index is 385. The summed E-state index contributed by atoms with van der Waals surface area (Å²) in [4.78, 5) is 0. The summed E-state index contributed by atoms with van der Waals surface area (Å²) in [5, 5.41) is 3.45. The Hall–Kier alpha value is -1.24. The van der Waals surface area contributed by atoms with Crippen LogP contribution in [-0.2, 0) is 0 Å². The molecule has 0 atom stereocenters. The van der Waals surface area contributed by atoms with Gasteiger partial charge in [-0.2, -0.15) is 0 Å². The summed E-state index contributed by atoms with van der Waals surface area (Å²) >= 11 is 0. The van der Waals surface area contributed by atoms with Crippen LogP contribution >= 0.6 is 0 Å². The summed E-state index contributed by atoms with van der Waals surface area (Å²) in [6.45, 7) is 7.09. The minimum absolute atomic E-state index is 0.787. The van der Waals surface area contributed by atoms with Crippen molar-refractivity contribution in [3.63, 3.8) is 0 Å². The van der Waals surface area contributed by atoms with E-state index in [-0.39, 0.29) is 0 Å². The van der Waals surface area contributed by atoms with Crippen LogP contribution in [0.2, 0.25) is 0 Å². The highest BCUT2D eigenvalue weighted by Gasteiger charge is 2.21. The highest BCUT2D eigenvalue weighted by atomic mass is 14.9. The topological polar surface area (TPSA) is 12.0 Å². The Balaban J connectivity index is 1.82. The SMILES string of the molecule is C=CCCC1CCC(c2ccc(NCCC)cc2)CC1. The van der Waals surface area contributed by atoms with Crippen LogP contribution in [0.5, 0.6) is 0 Å². The van der Waals surface area contributed by atoms with Crippen LogP contribution in [0.3, 0.4) is 0 Å². The molecule has 1 aromatic carbocycles. The zero-order chi connectivity index (χ0) is 14.2. The summed E-state index contributed by atoms with van der Waals surface area (Å²) in [6.07, 6.45) is 11.3. The molecule has 1 saturated carbocycles. The molecule has 0 radical (unpaired) electrons. The normalized spacial score (nSPS) is 22.4. The maximum atomic E-state index is 3.83. The fraction of sp³-hybridized carbons (Fsp3) is 0.579. The van der Waals surface area contributed by atoms with Crippen molar-refractivity contribution in [2.24, 2.45) is 5.92 Å². The summed E-state index contributed by atoms with van der Waals surface area (Å²) in [5.74, 6) is 1.73. The van der Waals surface area contributed by atoms with Gasteiger partial charge >= 0.3 is 0 Å². The van der Waals surface area contributed by atoms with Crippen molar-refractivity contribution in [1.82, 2.24) is 0 Å². The van der Waals surface area contributed by atoms with Crippen LogP contribution in [0.4, 0.5) is 5.69 Å². The largest absolute Gasteiger partial charge is 0.385 e. The van der Waals surface area contributed by atoms with E-state index in [0.717, 1.165) is 18.4 Å². The molecule has 0 amide bonds. The van der Waals surface area contributed by atoms with Crippen molar-refractivity contribution >= 4 is 5.69 Å². The average molecular weight is 271 g/mol. The fourth-order valence-electron chi connectivity index (χ4n) is 3.28. The van der Waals surface area contributed by atoms with Gasteiger partial charge in [-0.05, 0) is 74.5 Å². The molecule has 1 heteroatoms. The molecule has 20 heavy (non-hydrogen) atoms. The van der Waals surface area contributed by atoms with E-state index in [1.165, 1.54) is 56.2 Å². The van der Waals surface area contributed by atoms with Gasteiger partial charge in [-0.25, -0.2) is 0 Å². The molecular formula is C19H29N. The van der Waals surface area contributed by atoms with Gasteiger partial charge in [0, 0.05) is 12.2 Å². The predicted octanol–water partition coefficient (Wildman–Crippen LogP) is 5.75. The van der Waals surface area contributed by atoms with Crippen molar-refractivity contribution in [3.8, 4) is 0 Å². The van der Waals surface area contributed by atoms with Gasteiger partial charge in [-0.1, -0.05) is 25.1 Å². The van der Waals surface area contributed by atoms with Crippen molar-refractivity contribution in [1.29, 1.82) is 0 Å². The monoisotopic (exact) mass is 271 g/mol. The molecule has 1 aromatic rings. The van der Waals surface area contributed by atoms with Gasteiger partial charge in [0.15, 0.2) is 0 Å². The number of nitrogens with one attached hydrogen (secondary N) is 1. The van der Waals surface area contributed by atoms with Gasteiger partial charge in [0.25, 0.3) is 0 Å². The molecule has 0 bridgehead atoms. The Morgan fingerprint density at radius 1 is 1.15 bits per heavy atom. The standard InChI is InChI=1S/C19H29N/c1-3-5-6-16-7-9-17(10-8-16)18-11-13-19(14-12-18)20-15-4-2/h3,11-14,16-17,20H,1,4-10,15H2,2H3. The maximum Gasteiger partial charge on any atom is 0.0340 e. The molecule has 1 N–H and O–H groups in total. The molecule has 1 nitrogen and oxygen atoms in total. The lowest BCUT2D eigenvalue weighted by Crippen LogP contribution is -2.13. The molecule has 1 fully saturated rings. The van der Waals surface area contributed by atoms with Crippen molar-refractivity contribution < 1.29 is 0 Å². The first-order chi connectivity index (χ1) is 9.83. The fourth-order valence-corrected chi connectivity index (χ4v) is 3.28. The third-order valence-corrected chi connectivity index (χ3v) is 4.59. The quantitative estimate of drug-likeness (QED) is 0.623. The molecule has 0 heterocycles. The van der Waals surface area contributed by atoms with E-state index in [2.05, 4.69) is 49.2 Å². The zero-order valence-electron chi connectivity index (χ0n) is 12.9. The van der Waals surface area contributed by atoms with Gasteiger partial charge in [0.2, 0.25) is 0 Å².